The number of aryl methyl sites for hydroxylation is 1. The molecule has 0 radical (unpaired) electrons. The van der Waals surface area contributed by atoms with E-state index in [4.69, 9.17) is 0 Å². The van der Waals surface area contributed by atoms with Gasteiger partial charge in [-0.05, 0) is 49.1 Å². The summed E-state index contributed by atoms with van der Waals surface area (Å²) in [6, 6.07) is 17.9. The number of hydrogen-bond acceptors (Lipinski definition) is 5. The number of likely N-dealkylation sites (N-methyl/N-ethyl adjacent to an activating group) is 1. The monoisotopic (exact) mass is 497 g/mol. The minimum atomic E-state index is -0.363. The van der Waals surface area contributed by atoms with Gasteiger partial charge in [-0.3, -0.25) is 19.9 Å². The fourth-order valence-electron chi connectivity index (χ4n) is 5.11. The second-order valence-corrected chi connectivity index (χ2v) is 9.58. The first-order chi connectivity index (χ1) is 15.5. The largest absolute Gasteiger partial charge is 0.343 e. The molecule has 2 aromatic carbocycles. The van der Waals surface area contributed by atoms with Gasteiger partial charge in [0.1, 0.15) is 18.5 Å². The molecule has 2 aromatic rings. The van der Waals surface area contributed by atoms with Crippen LogP contribution in [-0.4, -0.2) is 71.8 Å². The lowest BCUT2D eigenvalue weighted by Gasteiger charge is -2.44. The van der Waals surface area contributed by atoms with Gasteiger partial charge in [-0.1, -0.05) is 46.3 Å². The van der Waals surface area contributed by atoms with Gasteiger partial charge in [0.15, 0.2) is 0 Å². The Morgan fingerprint density at radius 3 is 2.53 bits per heavy atom. The van der Waals surface area contributed by atoms with Gasteiger partial charge in [0, 0.05) is 36.8 Å². The van der Waals surface area contributed by atoms with Gasteiger partial charge in [0.05, 0.1) is 0 Å². The summed E-state index contributed by atoms with van der Waals surface area (Å²) < 4.78 is 1.04. The molecular formula is C24H28BrN5O2. The van der Waals surface area contributed by atoms with Crippen molar-refractivity contribution in [3.05, 3.63) is 64.6 Å². The Morgan fingerprint density at radius 1 is 1.03 bits per heavy atom. The molecule has 1 N–H and O–H groups in total. The van der Waals surface area contributed by atoms with E-state index < -0.39 is 0 Å². The van der Waals surface area contributed by atoms with Crippen LogP contribution in [0.2, 0.25) is 0 Å². The molecule has 168 valence electrons. The number of fused-ring (bicyclic) bond motifs is 3. The van der Waals surface area contributed by atoms with E-state index in [1.165, 1.54) is 10.5 Å². The van der Waals surface area contributed by atoms with Crippen molar-refractivity contribution >= 4 is 33.6 Å². The summed E-state index contributed by atoms with van der Waals surface area (Å²) in [7, 11) is 1.80. The summed E-state index contributed by atoms with van der Waals surface area (Å²) in [5, 5.41) is 3.57. The van der Waals surface area contributed by atoms with Crippen molar-refractivity contribution in [2.45, 2.75) is 37.8 Å². The fraction of sp³-hybridized carbons (Fsp3) is 0.417. The summed E-state index contributed by atoms with van der Waals surface area (Å²) in [6.45, 7) is 2.18. The van der Waals surface area contributed by atoms with Crippen molar-refractivity contribution < 1.29 is 9.59 Å². The Labute approximate surface area is 197 Å². The number of benzene rings is 2. The number of amides is 3. The van der Waals surface area contributed by atoms with E-state index in [1.54, 1.807) is 11.9 Å². The first-order valence-electron chi connectivity index (χ1n) is 11.2. The van der Waals surface area contributed by atoms with Crippen LogP contribution in [0, 0.1) is 0 Å². The zero-order valence-corrected chi connectivity index (χ0v) is 19.7. The number of imide groups is 1. The minimum absolute atomic E-state index is 0.0844. The van der Waals surface area contributed by atoms with Crippen molar-refractivity contribution in [2.24, 2.45) is 0 Å². The van der Waals surface area contributed by atoms with Crippen LogP contribution in [-0.2, 0) is 11.2 Å². The summed E-state index contributed by atoms with van der Waals surface area (Å²) in [5.41, 5.74) is 2.33. The number of carbonyl (C=O) groups is 2. The van der Waals surface area contributed by atoms with Crippen LogP contribution in [0.25, 0.3) is 0 Å². The van der Waals surface area contributed by atoms with E-state index in [0.29, 0.717) is 6.54 Å². The number of anilines is 1. The molecule has 3 atom stereocenters. The van der Waals surface area contributed by atoms with E-state index in [-0.39, 0.29) is 30.4 Å². The number of urea groups is 1. The Hall–Kier alpha value is -2.42. The molecule has 0 saturated carbocycles. The van der Waals surface area contributed by atoms with Crippen LogP contribution in [0.1, 0.15) is 18.4 Å². The number of carbonyl (C=O) groups excluding carboxylic acids is 2. The van der Waals surface area contributed by atoms with Gasteiger partial charge in [-0.2, -0.15) is 0 Å². The lowest BCUT2D eigenvalue weighted by molar-refractivity contribution is -0.138. The van der Waals surface area contributed by atoms with Gasteiger partial charge in [-0.25, -0.2) is 4.79 Å². The predicted octanol–water partition coefficient (Wildman–Crippen LogP) is 3.07. The van der Waals surface area contributed by atoms with Gasteiger partial charge in [-0.15, -0.1) is 0 Å². The highest BCUT2D eigenvalue weighted by Crippen LogP contribution is 2.33. The Morgan fingerprint density at radius 2 is 1.78 bits per heavy atom. The number of nitrogens with zero attached hydrogens (tertiary/aromatic N) is 4. The smallest absolute Gasteiger partial charge is 0.327 e. The standard InChI is InChI=1S/C24H28BrN5O2/c1-27-21-20(22(31)30(24(27)32)14-5-9-17-7-3-2-4-8-17)29-16-6-15-28(23(29)26-21)19-12-10-18(25)11-13-19/h2-4,7-8,10-13,20-21,23,26H,5-6,9,14-16H2,1H3. The highest BCUT2D eigenvalue weighted by Gasteiger charge is 2.55. The molecule has 3 fully saturated rings. The Kier molecular flexibility index (Phi) is 5.92. The minimum Gasteiger partial charge on any atom is -0.343 e. The third kappa shape index (κ3) is 3.80. The van der Waals surface area contributed by atoms with Crippen molar-refractivity contribution in [3.63, 3.8) is 0 Å². The van der Waals surface area contributed by atoms with E-state index in [0.717, 1.165) is 42.5 Å². The summed E-state index contributed by atoms with van der Waals surface area (Å²) in [4.78, 5) is 34.3. The van der Waals surface area contributed by atoms with Crippen LogP contribution >= 0.6 is 15.9 Å². The molecule has 3 unspecified atom stereocenters. The molecule has 5 rings (SSSR count). The molecule has 7 nitrogen and oxygen atoms in total. The van der Waals surface area contributed by atoms with Crippen molar-refractivity contribution in [2.75, 3.05) is 31.6 Å². The third-order valence-corrected chi connectivity index (χ3v) is 7.25. The molecule has 0 aromatic heterocycles. The van der Waals surface area contributed by atoms with Gasteiger partial charge >= 0.3 is 6.03 Å². The number of rotatable bonds is 5. The maximum absolute atomic E-state index is 13.5. The normalized spacial score (nSPS) is 25.8. The topological polar surface area (TPSA) is 59.1 Å². The fourth-order valence-corrected chi connectivity index (χ4v) is 5.37. The number of halogens is 1. The zero-order chi connectivity index (χ0) is 22.2. The van der Waals surface area contributed by atoms with E-state index in [1.807, 2.05) is 30.3 Å². The molecule has 3 heterocycles. The Balaban J connectivity index is 1.33. The Bertz CT molecular complexity index is 986. The highest BCUT2D eigenvalue weighted by molar-refractivity contribution is 9.10. The molecule has 32 heavy (non-hydrogen) atoms. The second kappa shape index (κ2) is 8.84. The van der Waals surface area contributed by atoms with E-state index in [2.05, 4.69) is 55.3 Å². The molecule has 0 aliphatic carbocycles. The molecule has 3 aliphatic heterocycles. The average Bonchev–Trinajstić information content (AvgIpc) is 3.21. The molecule has 3 aliphatic rings. The molecular weight excluding hydrogens is 470 g/mol. The first-order valence-corrected chi connectivity index (χ1v) is 12.0. The van der Waals surface area contributed by atoms with Crippen LogP contribution in [0.5, 0.6) is 0 Å². The quantitative estimate of drug-likeness (QED) is 0.687. The van der Waals surface area contributed by atoms with Crippen LogP contribution in [0.3, 0.4) is 0 Å². The lowest BCUT2D eigenvalue weighted by Crippen LogP contribution is -2.66. The first kappa shape index (κ1) is 21.4. The van der Waals surface area contributed by atoms with Crippen LogP contribution in [0.15, 0.2) is 59.1 Å². The molecule has 0 bridgehead atoms. The SMILES string of the molecule is CN1C(=O)N(CCCc2ccccc2)C(=O)C2C1NC1N(c3ccc(Br)cc3)CCCN21. The number of nitrogens with one attached hydrogen (secondary N) is 1. The van der Waals surface area contributed by atoms with Crippen LogP contribution in [0.4, 0.5) is 10.5 Å². The molecule has 0 spiro atoms. The maximum atomic E-state index is 13.5. The molecule has 8 heteroatoms. The lowest BCUT2D eigenvalue weighted by atomic mass is 10.1. The van der Waals surface area contributed by atoms with Crippen molar-refractivity contribution in [1.82, 2.24) is 20.0 Å². The van der Waals surface area contributed by atoms with Crippen molar-refractivity contribution in [3.8, 4) is 0 Å². The molecule has 3 amide bonds. The zero-order valence-electron chi connectivity index (χ0n) is 18.2. The summed E-state index contributed by atoms with van der Waals surface area (Å²) in [5.74, 6) is -0.0844. The van der Waals surface area contributed by atoms with Gasteiger partial charge in [0.2, 0.25) is 0 Å². The van der Waals surface area contributed by atoms with Crippen LogP contribution < -0.4 is 10.2 Å². The highest BCUT2D eigenvalue weighted by atomic mass is 79.9. The predicted molar refractivity (Wildman–Crippen MR) is 127 cm³/mol. The molecule has 3 saturated heterocycles. The van der Waals surface area contributed by atoms with Gasteiger partial charge in [0.25, 0.3) is 5.91 Å². The average molecular weight is 498 g/mol. The second-order valence-electron chi connectivity index (χ2n) is 8.66. The van der Waals surface area contributed by atoms with E-state index in [9.17, 15) is 9.59 Å². The van der Waals surface area contributed by atoms with E-state index >= 15 is 0 Å². The summed E-state index contributed by atoms with van der Waals surface area (Å²) in [6.07, 6.45) is 2.15. The summed E-state index contributed by atoms with van der Waals surface area (Å²) >= 11 is 3.50. The number of hydrogen-bond donors (Lipinski definition) is 1. The third-order valence-electron chi connectivity index (χ3n) is 6.72. The van der Waals surface area contributed by atoms with Crippen molar-refractivity contribution in [1.29, 1.82) is 0 Å². The van der Waals surface area contributed by atoms with Gasteiger partial charge < -0.3 is 9.80 Å². The maximum Gasteiger partial charge on any atom is 0.327 e.